The van der Waals surface area contributed by atoms with Gasteiger partial charge in [-0.25, -0.2) is 9.07 Å². The average Bonchev–Trinajstić information content (AvgIpc) is 3.41. The number of hydrogen-bond acceptors (Lipinski definition) is 2. The zero-order chi connectivity index (χ0) is 19.0. The van der Waals surface area contributed by atoms with Gasteiger partial charge in [0.05, 0.1) is 22.6 Å². The van der Waals surface area contributed by atoms with Gasteiger partial charge in [0.1, 0.15) is 5.82 Å². The second kappa shape index (κ2) is 6.65. The van der Waals surface area contributed by atoms with Crippen LogP contribution in [0.5, 0.6) is 0 Å². The lowest BCUT2D eigenvalue weighted by Gasteiger charge is -2.16. The molecule has 138 valence electrons. The fraction of sp³-hybridized carbons (Fsp3) is 0.273. The van der Waals surface area contributed by atoms with Crippen LogP contribution in [0.25, 0.3) is 5.69 Å². The second-order valence-electron chi connectivity index (χ2n) is 7.26. The van der Waals surface area contributed by atoms with Crippen molar-refractivity contribution in [2.24, 2.45) is 0 Å². The SMILES string of the molecule is Cc1nn(-c2ccc(F)cc2)c(C)c1C(=O)NCC1(c2ccccc2)CC1. The standard InChI is InChI=1S/C22H22FN3O/c1-15-20(16(2)26(25-15)19-10-8-18(23)9-11-19)21(27)24-14-22(12-13-22)17-6-4-3-5-7-17/h3-11H,12-14H2,1-2H3,(H,24,27). The zero-order valence-corrected chi connectivity index (χ0v) is 15.5. The Labute approximate surface area is 158 Å². The van der Waals surface area contributed by atoms with Gasteiger partial charge in [-0.15, -0.1) is 0 Å². The number of rotatable bonds is 5. The molecule has 27 heavy (non-hydrogen) atoms. The molecule has 5 heteroatoms. The zero-order valence-electron chi connectivity index (χ0n) is 15.5. The third-order valence-electron chi connectivity index (χ3n) is 5.42. The Morgan fingerprint density at radius 1 is 1.11 bits per heavy atom. The van der Waals surface area contributed by atoms with E-state index in [-0.39, 0.29) is 17.1 Å². The lowest BCUT2D eigenvalue weighted by atomic mass is 9.96. The molecule has 0 aliphatic heterocycles. The highest BCUT2D eigenvalue weighted by molar-refractivity contribution is 5.96. The Bertz CT molecular complexity index is 973. The Balaban J connectivity index is 1.54. The minimum Gasteiger partial charge on any atom is -0.351 e. The fourth-order valence-corrected chi connectivity index (χ4v) is 3.65. The summed E-state index contributed by atoms with van der Waals surface area (Å²) in [4.78, 5) is 12.9. The summed E-state index contributed by atoms with van der Waals surface area (Å²) in [6, 6.07) is 16.4. The minimum atomic E-state index is -0.297. The van der Waals surface area contributed by atoms with Gasteiger partial charge in [-0.2, -0.15) is 5.10 Å². The van der Waals surface area contributed by atoms with E-state index in [0.717, 1.165) is 24.2 Å². The van der Waals surface area contributed by atoms with E-state index in [2.05, 4.69) is 22.5 Å². The monoisotopic (exact) mass is 363 g/mol. The summed E-state index contributed by atoms with van der Waals surface area (Å²) in [6.45, 7) is 4.31. The summed E-state index contributed by atoms with van der Waals surface area (Å²) >= 11 is 0. The highest BCUT2D eigenvalue weighted by atomic mass is 19.1. The van der Waals surface area contributed by atoms with Crippen LogP contribution in [0.3, 0.4) is 0 Å². The molecule has 1 amide bonds. The van der Waals surface area contributed by atoms with Crippen LogP contribution in [0.2, 0.25) is 0 Å². The van der Waals surface area contributed by atoms with Crippen LogP contribution in [-0.4, -0.2) is 22.2 Å². The van der Waals surface area contributed by atoms with Crippen molar-refractivity contribution < 1.29 is 9.18 Å². The van der Waals surface area contributed by atoms with Gasteiger partial charge in [0, 0.05) is 12.0 Å². The normalized spacial score (nSPS) is 14.8. The van der Waals surface area contributed by atoms with Gasteiger partial charge in [-0.3, -0.25) is 4.79 Å². The van der Waals surface area contributed by atoms with Gasteiger partial charge in [0.2, 0.25) is 0 Å². The molecule has 0 atom stereocenters. The maximum absolute atomic E-state index is 13.2. The Morgan fingerprint density at radius 3 is 2.41 bits per heavy atom. The van der Waals surface area contributed by atoms with Gasteiger partial charge < -0.3 is 5.32 Å². The molecule has 1 saturated carbocycles. The number of carbonyl (C=O) groups is 1. The molecule has 2 aromatic carbocycles. The molecule has 1 heterocycles. The molecule has 1 aliphatic rings. The molecule has 3 aromatic rings. The molecule has 0 unspecified atom stereocenters. The van der Waals surface area contributed by atoms with Crippen molar-refractivity contribution in [1.82, 2.24) is 15.1 Å². The van der Waals surface area contributed by atoms with Gasteiger partial charge in [0.15, 0.2) is 0 Å². The molecule has 1 aromatic heterocycles. The van der Waals surface area contributed by atoms with Crippen LogP contribution in [-0.2, 0) is 5.41 Å². The predicted octanol–water partition coefficient (Wildman–Crippen LogP) is 4.09. The molecule has 0 saturated heterocycles. The maximum Gasteiger partial charge on any atom is 0.255 e. The smallest absolute Gasteiger partial charge is 0.255 e. The number of nitrogens with one attached hydrogen (secondary N) is 1. The van der Waals surface area contributed by atoms with E-state index in [1.54, 1.807) is 16.8 Å². The van der Waals surface area contributed by atoms with Crippen LogP contribution in [0.4, 0.5) is 4.39 Å². The van der Waals surface area contributed by atoms with E-state index in [1.165, 1.54) is 17.7 Å². The number of halogens is 1. The van der Waals surface area contributed by atoms with Crippen molar-refractivity contribution >= 4 is 5.91 Å². The van der Waals surface area contributed by atoms with Crippen molar-refractivity contribution in [2.45, 2.75) is 32.1 Å². The Hall–Kier alpha value is -2.95. The molecule has 0 radical (unpaired) electrons. The molecule has 1 N–H and O–H groups in total. The van der Waals surface area contributed by atoms with Crippen LogP contribution in [0.1, 0.15) is 40.2 Å². The van der Waals surface area contributed by atoms with E-state index in [9.17, 15) is 9.18 Å². The first-order valence-corrected chi connectivity index (χ1v) is 9.16. The molecular formula is C22H22FN3O. The largest absolute Gasteiger partial charge is 0.351 e. The van der Waals surface area contributed by atoms with E-state index in [4.69, 9.17) is 0 Å². The number of nitrogens with zero attached hydrogens (tertiary/aromatic N) is 2. The number of hydrogen-bond donors (Lipinski definition) is 1. The quantitative estimate of drug-likeness (QED) is 0.742. The predicted molar refractivity (Wildman–Crippen MR) is 103 cm³/mol. The van der Waals surface area contributed by atoms with Crippen LogP contribution < -0.4 is 5.32 Å². The van der Waals surface area contributed by atoms with Crippen molar-refractivity contribution in [2.75, 3.05) is 6.54 Å². The molecule has 0 bridgehead atoms. The van der Waals surface area contributed by atoms with Crippen molar-refractivity contribution in [3.8, 4) is 5.69 Å². The highest BCUT2D eigenvalue weighted by Crippen LogP contribution is 2.47. The molecule has 0 spiro atoms. The number of aryl methyl sites for hydroxylation is 1. The van der Waals surface area contributed by atoms with Crippen molar-refractivity contribution in [1.29, 1.82) is 0 Å². The maximum atomic E-state index is 13.2. The first-order valence-electron chi connectivity index (χ1n) is 9.16. The van der Waals surface area contributed by atoms with Crippen LogP contribution >= 0.6 is 0 Å². The van der Waals surface area contributed by atoms with Gasteiger partial charge in [-0.1, -0.05) is 30.3 Å². The number of carbonyl (C=O) groups excluding carboxylic acids is 1. The van der Waals surface area contributed by atoms with E-state index < -0.39 is 0 Å². The molecular weight excluding hydrogens is 341 g/mol. The van der Waals surface area contributed by atoms with Crippen molar-refractivity contribution in [3.05, 3.63) is 82.9 Å². The molecule has 4 rings (SSSR count). The lowest BCUT2D eigenvalue weighted by Crippen LogP contribution is -2.32. The topological polar surface area (TPSA) is 46.9 Å². The van der Waals surface area contributed by atoms with Crippen molar-refractivity contribution in [3.63, 3.8) is 0 Å². The Morgan fingerprint density at radius 2 is 1.78 bits per heavy atom. The average molecular weight is 363 g/mol. The second-order valence-corrected chi connectivity index (χ2v) is 7.26. The summed E-state index contributed by atoms with van der Waals surface area (Å²) in [5.41, 5.74) is 4.08. The van der Waals surface area contributed by atoms with E-state index in [0.29, 0.717) is 17.8 Å². The third kappa shape index (κ3) is 3.25. The van der Waals surface area contributed by atoms with Gasteiger partial charge in [-0.05, 0) is 56.5 Å². The third-order valence-corrected chi connectivity index (χ3v) is 5.42. The van der Waals surface area contributed by atoms with Crippen LogP contribution in [0, 0.1) is 19.7 Å². The van der Waals surface area contributed by atoms with E-state index in [1.807, 2.05) is 32.0 Å². The number of aromatic nitrogens is 2. The van der Waals surface area contributed by atoms with Crippen LogP contribution in [0.15, 0.2) is 54.6 Å². The van der Waals surface area contributed by atoms with Gasteiger partial charge >= 0.3 is 0 Å². The Kier molecular flexibility index (Phi) is 4.30. The molecule has 1 fully saturated rings. The number of benzene rings is 2. The fourth-order valence-electron chi connectivity index (χ4n) is 3.65. The summed E-state index contributed by atoms with van der Waals surface area (Å²) in [5.74, 6) is -0.408. The first-order chi connectivity index (χ1) is 13.0. The summed E-state index contributed by atoms with van der Waals surface area (Å²) < 4.78 is 14.9. The van der Waals surface area contributed by atoms with Gasteiger partial charge in [0.25, 0.3) is 5.91 Å². The lowest BCUT2D eigenvalue weighted by molar-refractivity contribution is 0.0948. The first kappa shape index (κ1) is 17.5. The minimum absolute atomic E-state index is 0.0612. The molecule has 4 nitrogen and oxygen atoms in total. The number of amides is 1. The summed E-state index contributed by atoms with van der Waals surface area (Å²) in [5, 5.41) is 7.59. The van der Waals surface area contributed by atoms with E-state index >= 15 is 0 Å². The summed E-state index contributed by atoms with van der Waals surface area (Å²) in [7, 11) is 0. The highest BCUT2D eigenvalue weighted by Gasteiger charge is 2.44. The molecule has 1 aliphatic carbocycles. The summed E-state index contributed by atoms with van der Waals surface area (Å²) in [6.07, 6.45) is 2.17.